The van der Waals surface area contributed by atoms with Crippen LogP contribution in [-0.4, -0.2) is 47.3 Å². The molecule has 2 aliphatic heterocycles. The van der Waals surface area contributed by atoms with Crippen LogP contribution in [0.4, 0.5) is 0 Å². The van der Waals surface area contributed by atoms with E-state index >= 15 is 0 Å². The first-order chi connectivity index (χ1) is 12.1. The van der Waals surface area contributed by atoms with E-state index in [1.165, 1.54) is 0 Å². The van der Waals surface area contributed by atoms with Crippen molar-refractivity contribution in [1.29, 1.82) is 0 Å². The van der Waals surface area contributed by atoms with Crippen molar-refractivity contribution in [3.8, 4) is 0 Å². The Kier molecular flexibility index (Phi) is 4.40. The molecule has 2 aliphatic rings. The molecular formula is C19H21ClN2O3. The Labute approximate surface area is 151 Å². The number of nitrogens with zero attached hydrogens (tertiary/aromatic N) is 2. The summed E-state index contributed by atoms with van der Waals surface area (Å²) >= 11 is 6.02. The molecule has 0 aliphatic carbocycles. The van der Waals surface area contributed by atoms with Gasteiger partial charge in [-0.1, -0.05) is 17.7 Å². The van der Waals surface area contributed by atoms with E-state index in [0.717, 1.165) is 36.0 Å². The summed E-state index contributed by atoms with van der Waals surface area (Å²) in [4.78, 5) is 18.7. The Bertz CT molecular complexity index is 804. The van der Waals surface area contributed by atoms with Gasteiger partial charge in [-0.15, -0.1) is 0 Å². The first kappa shape index (κ1) is 16.8. The van der Waals surface area contributed by atoms with Gasteiger partial charge in [0.2, 0.25) is 0 Å². The summed E-state index contributed by atoms with van der Waals surface area (Å²) in [7, 11) is 0. The van der Waals surface area contributed by atoms with Crippen LogP contribution in [0.3, 0.4) is 0 Å². The Balaban J connectivity index is 1.54. The molecule has 1 atom stereocenters. The molecule has 1 aromatic heterocycles. The predicted octanol–water partition coefficient (Wildman–Crippen LogP) is 3.20. The fourth-order valence-corrected chi connectivity index (χ4v) is 4.45. The molecule has 4 rings (SSSR count). The number of fused-ring (bicyclic) bond motifs is 1. The van der Waals surface area contributed by atoms with Crippen molar-refractivity contribution in [1.82, 2.24) is 9.88 Å². The number of hydrogen-bond acceptors (Lipinski definition) is 4. The maximum atomic E-state index is 11.8. The van der Waals surface area contributed by atoms with E-state index < -0.39 is 5.97 Å². The lowest BCUT2D eigenvalue weighted by Crippen LogP contribution is -2.40. The van der Waals surface area contributed by atoms with Crippen molar-refractivity contribution >= 4 is 28.5 Å². The second-order valence-electron chi connectivity index (χ2n) is 7.17. The first-order valence-electron chi connectivity index (χ1n) is 8.64. The smallest absolute Gasteiger partial charge is 0.308 e. The monoisotopic (exact) mass is 360 g/mol. The van der Waals surface area contributed by atoms with E-state index in [2.05, 4.69) is 4.90 Å². The van der Waals surface area contributed by atoms with Gasteiger partial charge in [-0.25, -0.2) is 0 Å². The predicted molar refractivity (Wildman–Crippen MR) is 95.6 cm³/mol. The highest BCUT2D eigenvalue weighted by Crippen LogP contribution is 2.44. The number of aliphatic carboxylic acids is 1. The molecule has 0 bridgehead atoms. The van der Waals surface area contributed by atoms with Crippen molar-refractivity contribution in [3.05, 3.63) is 41.0 Å². The van der Waals surface area contributed by atoms with Crippen molar-refractivity contribution in [3.63, 3.8) is 0 Å². The first-order valence-corrected chi connectivity index (χ1v) is 9.02. The van der Waals surface area contributed by atoms with Gasteiger partial charge in [-0.2, -0.15) is 0 Å². The Morgan fingerprint density at radius 2 is 2.12 bits per heavy atom. The van der Waals surface area contributed by atoms with Gasteiger partial charge in [0.05, 0.1) is 17.1 Å². The molecule has 1 spiro atoms. The highest BCUT2D eigenvalue weighted by atomic mass is 35.5. The summed E-state index contributed by atoms with van der Waals surface area (Å²) in [6, 6.07) is 9.70. The van der Waals surface area contributed by atoms with E-state index in [1.54, 1.807) is 0 Å². The van der Waals surface area contributed by atoms with Gasteiger partial charge in [0.15, 0.2) is 0 Å². The summed E-state index contributed by atoms with van der Waals surface area (Å²) in [5.74, 6) is -1.01. The minimum absolute atomic E-state index is 0.158. The van der Waals surface area contributed by atoms with E-state index in [0.29, 0.717) is 31.3 Å². The summed E-state index contributed by atoms with van der Waals surface area (Å²) in [6.07, 6.45) is 1.65. The Hall–Kier alpha value is -1.69. The molecule has 25 heavy (non-hydrogen) atoms. The van der Waals surface area contributed by atoms with Gasteiger partial charge in [-0.05, 0) is 37.1 Å². The average Bonchev–Trinajstić information content (AvgIpc) is 2.93. The molecule has 0 radical (unpaired) electrons. The number of carboxylic acid groups (broad SMARTS) is 1. The number of likely N-dealkylation sites (tertiary alicyclic amines) is 1. The molecule has 3 heterocycles. The zero-order chi connectivity index (χ0) is 17.4. The Morgan fingerprint density at radius 3 is 2.88 bits per heavy atom. The highest BCUT2D eigenvalue weighted by molar-refractivity contribution is 6.31. The maximum absolute atomic E-state index is 11.8. The second-order valence-corrected chi connectivity index (χ2v) is 7.61. The third-order valence-electron chi connectivity index (χ3n) is 5.60. The summed E-state index contributed by atoms with van der Waals surface area (Å²) in [5.41, 5.74) is 1.72. The minimum atomic E-state index is -0.689. The van der Waals surface area contributed by atoms with Crippen LogP contribution in [0.25, 0.3) is 10.9 Å². The average molecular weight is 361 g/mol. The van der Waals surface area contributed by atoms with Gasteiger partial charge in [0, 0.05) is 48.7 Å². The topological polar surface area (TPSA) is 62.7 Å². The second kappa shape index (κ2) is 6.56. The molecule has 1 N–H and O–H groups in total. The number of rotatable bonds is 3. The van der Waals surface area contributed by atoms with Crippen molar-refractivity contribution in [2.45, 2.75) is 19.4 Å². The molecule has 5 nitrogen and oxygen atoms in total. The number of carbonyl (C=O) groups is 1. The van der Waals surface area contributed by atoms with Crippen LogP contribution in [0, 0.1) is 11.3 Å². The van der Waals surface area contributed by atoms with Gasteiger partial charge in [0.1, 0.15) is 0 Å². The van der Waals surface area contributed by atoms with E-state index in [9.17, 15) is 9.90 Å². The Morgan fingerprint density at radius 1 is 1.32 bits per heavy atom. The molecule has 0 amide bonds. The van der Waals surface area contributed by atoms with E-state index in [-0.39, 0.29) is 11.3 Å². The number of ether oxygens (including phenoxy) is 1. The normalized spacial score (nSPS) is 23.3. The van der Waals surface area contributed by atoms with Crippen LogP contribution in [-0.2, 0) is 16.1 Å². The molecule has 1 unspecified atom stereocenters. The molecular weight excluding hydrogens is 340 g/mol. The summed E-state index contributed by atoms with van der Waals surface area (Å²) in [6.45, 7) is 3.37. The third kappa shape index (κ3) is 3.24. The summed E-state index contributed by atoms with van der Waals surface area (Å²) < 4.78 is 5.46. The molecule has 6 heteroatoms. The van der Waals surface area contributed by atoms with Crippen molar-refractivity contribution in [2.75, 3.05) is 26.3 Å². The molecule has 2 saturated heterocycles. The van der Waals surface area contributed by atoms with Crippen LogP contribution in [0.2, 0.25) is 5.02 Å². The van der Waals surface area contributed by atoms with Crippen LogP contribution in [0.1, 0.15) is 18.5 Å². The fourth-order valence-electron chi connectivity index (χ4n) is 4.27. The number of aromatic nitrogens is 1. The fraction of sp³-hybridized carbons (Fsp3) is 0.474. The molecule has 132 valence electrons. The van der Waals surface area contributed by atoms with Crippen LogP contribution < -0.4 is 0 Å². The quantitative estimate of drug-likeness (QED) is 0.910. The van der Waals surface area contributed by atoms with Gasteiger partial charge >= 0.3 is 5.97 Å². The SMILES string of the molecule is O=C(O)C1CN(Cc2ccc3cc(Cl)ccc3n2)CC12CCOCC2. The van der Waals surface area contributed by atoms with Gasteiger partial charge in [-0.3, -0.25) is 14.7 Å². The third-order valence-corrected chi connectivity index (χ3v) is 5.83. The number of carboxylic acids is 1. The molecule has 1 aromatic carbocycles. The maximum Gasteiger partial charge on any atom is 0.308 e. The van der Waals surface area contributed by atoms with Crippen LogP contribution in [0.5, 0.6) is 0 Å². The lowest BCUT2D eigenvalue weighted by molar-refractivity contribution is -0.147. The van der Waals surface area contributed by atoms with E-state index in [4.69, 9.17) is 21.3 Å². The van der Waals surface area contributed by atoms with E-state index in [1.807, 2.05) is 30.3 Å². The molecule has 2 aromatic rings. The van der Waals surface area contributed by atoms with Crippen LogP contribution >= 0.6 is 11.6 Å². The largest absolute Gasteiger partial charge is 0.481 e. The number of pyridine rings is 1. The lowest BCUT2D eigenvalue weighted by atomic mass is 9.72. The van der Waals surface area contributed by atoms with Gasteiger partial charge < -0.3 is 9.84 Å². The number of hydrogen-bond donors (Lipinski definition) is 1. The standard InChI is InChI=1S/C19H21ClN2O3/c20-14-2-4-17-13(9-14)1-3-15(21-17)10-22-11-16(18(23)24)19(12-22)5-7-25-8-6-19/h1-4,9,16H,5-8,10-12H2,(H,23,24). The zero-order valence-corrected chi connectivity index (χ0v) is 14.7. The van der Waals surface area contributed by atoms with Gasteiger partial charge in [0.25, 0.3) is 0 Å². The van der Waals surface area contributed by atoms with Crippen molar-refractivity contribution in [2.24, 2.45) is 11.3 Å². The lowest BCUT2D eigenvalue weighted by Gasteiger charge is -2.36. The van der Waals surface area contributed by atoms with Crippen LogP contribution in [0.15, 0.2) is 30.3 Å². The molecule has 0 saturated carbocycles. The van der Waals surface area contributed by atoms with Crippen molar-refractivity contribution < 1.29 is 14.6 Å². The number of benzene rings is 1. The number of halogens is 1. The highest BCUT2D eigenvalue weighted by Gasteiger charge is 2.50. The zero-order valence-electron chi connectivity index (χ0n) is 13.9. The minimum Gasteiger partial charge on any atom is -0.481 e. The summed E-state index contributed by atoms with van der Waals surface area (Å²) in [5, 5.41) is 11.4. The molecule has 2 fully saturated rings.